The van der Waals surface area contributed by atoms with Crippen molar-refractivity contribution in [3.05, 3.63) is 84.5 Å². The predicted molar refractivity (Wildman–Crippen MR) is 111 cm³/mol. The van der Waals surface area contributed by atoms with E-state index in [0.29, 0.717) is 29.0 Å². The van der Waals surface area contributed by atoms with Gasteiger partial charge in [-0.1, -0.05) is 0 Å². The molecule has 1 amide bonds. The van der Waals surface area contributed by atoms with E-state index in [-0.39, 0.29) is 11.3 Å². The Morgan fingerprint density at radius 1 is 1.10 bits per heavy atom. The van der Waals surface area contributed by atoms with Gasteiger partial charge in [-0.15, -0.1) is 0 Å². The molecule has 0 fully saturated rings. The molecule has 0 bridgehead atoms. The van der Waals surface area contributed by atoms with Crippen LogP contribution in [-0.4, -0.2) is 32.5 Å². The molecule has 0 aliphatic rings. The van der Waals surface area contributed by atoms with Gasteiger partial charge in [0, 0.05) is 29.7 Å². The third kappa shape index (κ3) is 4.67. The van der Waals surface area contributed by atoms with Crippen molar-refractivity contribution in [3.8, 4) is 23.2 Å². The van der Waals surface area contributed by atoms with Crippen LogP contribution in [0, 0.1) is 12.7 Å². The Morgan fingerprint density at radius 2 is 1.90 bits per heavy atom. The van der Waals surface area contributed by atoms with Gasteiger partial charge in [-0.05, 0) is 49.4 Å². The molecule has 4 aromatic rings. The smallest absolute Gasteiger partial charge is 0.255 e. The second-order valence-corrected chi connectivity index (χ2v) is 6.51. The van der Waals surface area contributed by atoms with Crippen molar-refractivity contribution in [1.82, 2.24) is 19.5 Å². The van der Waals surface area contributed by atoms with Gasteiger partial charge in [0.05, 0.1) is 7.11 Å². The van der Waals surface area contributed by atoms with Crippen LogP contribution < -0.4 is 14.8 Å². The van der Waals surface area contributed by atoms with Crippen molar-refractivity contribution in [2.45, 2.75) is 6.92 Å². The fourth-order valence-corrected chi connectivity index (χ4v) is 2.84. The van der Waals surface area contributed by atoms with E-state index in [0.717, 1.165) is 6.07 Å². The molecule has 2 aromatic heterocycles. The van der Waals surface area contributed by atoms with Gasteiger partial charge in [0.1, 0.15) is 23.7 Å². The fourth-order valence-electron chi connectivity index (χ4n) is 2.84. The van der Waals surface area contributed by atoms with E-state index in [9.17, 15) is 9.18 Å². The quantitative estimate of drug-likeness (QED) is 0.505. The zero-order chi connectivity index (χ0) is 21.8. The Labute approximate surface area is 177 Å². The molecule has 0 aliphatic heterocycles. The van der Waals surface area contributed by atoms with Crippen molar-refractivity contribution in [2.75, 3.05) is 12.4 Å². The number of nitrogens with zero attached hydrogens (tertiary/aromatic N) is 4. The molecule has 2 aromatic carbocycles. The van der Waals surface area contributed by atoms with Crippen LogP contribution in [0.5, 0.6) is 17.4 Å². The maximum absolute atomic E-state index is 13.8. The SMILES string of the molecule is COc1ccc(C(=O)Nc2ccc(Oc3cc(-n4ccnc4)nc(C)n3)cc2)cc1F. The molecule has 8 nitrogen and oxygen atoms in total. The van der Waals surface area contributed by atoms with E-state index in [4.69, 9.17) is 9.47 Å². The van der Waals surface area contributed by atoms with Crippen molar-refractivity contribution in [3.63, 3.8) is 0 Å². The lowest BCUT2D eigenvalue weighted by Crippen LogP contribution is -2.12. The average Bonchev–Trinajstić information content (AvgIpc) is 3.30. The van der Waals surface area contributed by atoms with Crippen LogP contribution in [0.2, 0.25) is 0 Å². The Bertz CT molecular complexity index is 1210. The first-order chi connectivity index (χ1) is 15.0. The number of hydrogen-bond donors (Lipinski definition) is 1. The molecule has 4 rings (SSSR count). The Kier molecular flexibility index (Phi) is 5.57. The summed E-state index contributed by atoms with van der Waals surface area (Å²) in [5.74, 6) is 1.13. The highest BCUT2D eigenvalue weighted by Gasteiger charge is 2.11. The van der Waals surface area contributed by atoms with E-state index in [1.54, 1.807) is 60.5 Å². The van der Waals surface area contributed by atoms with Crippen LogP contribution in [-0.2, 0) is 0 Å². The molecule has 0 spiro atoms. The average molecular weight is 419 g/mol. The molecule has 156 valence electrons. The first-order valence-corrected chi connectivity index (χ1v) is 9.28. The summed E-state index contributed by atoms with van der Waals surface area (Å²) in [6.45, 7) is 1.77. The van der Waals surface area contributed by atoms with E-state index in [1.807, 2.05) is 0 Å². The number of benzene rings is 2. The maximum atomic E-state index is 13.8. The minimum Gasteiger partial charge on any atom is -0.494 e. The lowest BCUT2D eigenvalue weighted by atomic mass is 10.2. The molecule has 1 N–H and O–H groups in total. The van der Waals surface area contributed by atoms with Gasteiger partial charge in [-0.3, -0.25) is 9.36 Å². The number of nitrogens with one attached hydrogen (secondary N) is 1. The van der Waals surface area contributed by atoms with Crippen LogP contribution >= 0.6 is 0 Å². The molecular weight excluding hydrogens is 401 g/mol. The zero-order valence-electron chi connectivity index (χ0n) is 16.7. The molecule has 0 atom stereocenters. The summed E-state index contributed by atoms with van der Waals surface area (Å²) < 4.78 is 26.3. The fraction of sp³-hybridized carbons (Fsp3) is 0.0909. The second kappa shape index (κ2) is 8.62. The summed E-state index contributed by atoms with van der Waals surface area (Å²) in [4.78, 5) is 25.0. The summed E-state index contributed by atoms with van der Waals surface area (Å²) in [5.41, 5.74) is 0.716. The molecule has 0 saturated heterocycles. The van der Waals surface area contributed by atoms with Gasteiger partial charge in [0.15, 0.2) is 11.6 Å². The van der Waals surface area contributed by atoms with Crippen LogP contribution in [0.1, 0.15) is 16.2 Å². The molecule has 31 heavy (non-hydrogen) atoms. The van der Waals surface area contributed by atoms with Gasteiger partial charge in [-0.2, -0.15) is 4.98 Å². The van der Waals surface area contributed by atoms with Crippen LogP contribution in [0.25, 0.3) is 5.82 Å². The zero-order valence-corrected chi connectivity index (χ0v) is 16.7. The summed E-state index contributed by atoms with van der Waals surface area (Å²) in [6.07, 6.45) is 5.07. The second-order valence-electron chi connectivity index (χ2n) is 6.51. The van der Waals surface area contributed by atoms with Gasteiger partial charge in [0.2, 0.25) is 5.88 Å². The lowest BCUT2D eigenvalue weighted by molar-refractivity contribution is 0.102. The summed E-state index contributed by atoms with van der Waals surface area (Å²) in [6, 6.07) is 12.5. The highest BCUT2D eigenvalue weighted by Crippen LogP contribution is 2.24. The number of aryl methyl sites for hydroxylation is 1. The minimum absolute atomic E-state index is 0.0780. The van der Waals surface area contributed by atoms with E-state index in [2.05, 4.69) is 20.3 Å². The Balaban J connectivity index is 1.45. The normalized spacial score (nSPS) is 10.5. The van der Waals surface area contributed by atoms with Gasteiger partial charge in [-0.25, -0.2) is 14.4 Å². The number of methoxy groups -OCH3 is 1. The standard InChI is InChI=1S/C22H18FN5O3/c1-14-25-20(28-10-9-24-13-28)12-21(26-14)31-17-6-4-16(5-7-17)27-22(29)15-3-8-19(30-2)18(23)11-15/h3-13H,1-2H3,(H,27,29). The largest absolute Gasteiger partial charge is 0.494 e. The van der Waals surface area contributed by atoms with Gasteiger partial charge < -0.3 is 14.8 Å². The summed E-state index contributed by atoms with van der Waals surface area (Å²) >= 11 is 0. The molecule has 0 radical (unpaired) electrons. The molecule has 0 aliphatic carbocycles. The van der Waals surface area contributed by atoms with Crippen LogP contribution in [0.3, 0.4) is 0 Å². The first kappa shape index (κ1) is 20.0. The van der Waals surface area contributed by atoms with Crippen molar-refractivity contribution in [2.24, 2.45) is 0 Å². The third-order valence-electron chi connectivity index (χ3n) is 4.32. The van der Waals surface area contributed by atoms with Crippen molar-refractivity contribution in [1.29, 1.82) is 0 Å². The highest BCUT2D eigenvalue weighted by molar-refractivity contribution is 6.04. The Morgan fingerprint density at radius 3 is 2.58 bits per heavy atom. The number of ether oxygens (including phenoxy) is 2. The first-order valence-electron chi connectivity index (χ1n) is 9.28. The molecular formula is C22H18FN5O3. The molecule has 0 saturated carbocycles. The number of imidazole rings is 1. The predicted octanol–water partition coefficient (Wildman–Crippen LogP) is 4.16. The van der Waals surface area contributed by atoms with Gasteiger partial charge in [0.25, 0.3) is 5.91 Å². The number of carbonyl (C=O) groups is 1. The van der Waals surface area contributed by atoms with E-state index >= 15 is 0 Å². The number of hydrogen-bond acceptors (Lipinski definition) is 6. The number of halogens is 1. The molecule has 9 heteroatoms. The number of aromatic nitrogens is 4. The number of carbonyl (C=O) groups excluding carboxylic acids is 1. The molecule has 2 heterocycles. The van der Waals surface area contributed by atoms with Crippen LogP contribution in [0.4, 0.5) is 10.1 Å². The molecule has 0 unspecified atom stereocenters. The third-order valence-corrected chi connectivity index (χ3v) is 4.32. The maximum Gasteiger partial charge on any atom is 0.255 e. The summed E-state index contributed by atoms with van der Waals surface area (Å²) in [7, 11) is 1.36. The number of amides is 1. The highest BCUT2D eigenvalue weighted by atomic mass is 19.1. The van der Waals surface area contributed by atoms with Gasteiger partial charge >= 0.3 is 0 Å². The van der Waals surface area contributed by atoms with Crippen molar-refractivity contribution < 1.29 is 18.7 Å². The van der Waals surface area contributed by atoms with E-state index < -0.39 is 11.7 Å². The topological polar surface area (TPSA) is 91.2 Å². The monoisotopic (exact) mass is 419 g/mol. The van der Waals surface area contributed by atoms with Crippen molar-refractivity contribution >= 4 is 11.6 Å². The summed E-state index contributed by atoms with van der Waals surface area (Å²) in [5, 5.41) is 2.71. The number of rotatable bonds is 6. The number of anilines is 1. The lowest BCUT2D eigenvalue weighted by Gasteiger charge is -2.10. The Hall–Kier alpha value is -4.27. The minimum atomic E-state index is -0.603. The van der Waals surface area contributed by atoms with E-state index in [1.165, 1.54) is 19.2 Å². The van der Waals surface area contributed by atoms with Crippen LogP contribution in [0.15, 0.2) is 67.3 Å².